The van der Waals surface area contributed by atoms with Crippen LogP contribution in [0.5, 0.6) is 5.75 Å². The summed E-state index contributed by atoms with van der Waals surface area (Å²) in [5, 5.41) is 0. The van der Waals surface area contributed by atoms with Crippen LogP contribution in [0.25, 0.3) is 0 Å². The van der Waals surface area contributed by atoms with Crippen LogP contribution in [0.2, 0.25) is 0 Å². The lowest BCUT2D eigenvalue weighted by Crippen LogP contribution is -2.11. The Hall–Kier alpha value is -0.650. The fourth-order valence-corrected chi connectivity index (χ4v) is 1.92. The van der Waals surface area contributed by atoms with Crippen molar-refractivity contribution in [3.8, 4) is 5.75 Å². The van der Waals surface area contributed by atoms with E-state index >= 15 is 0 Å². The second-order valence-corrected chi connectivity index (χ2v) is 5.62. The standard InChI is InChI=1S/C13H18BrNO2S/c1-9(2)8-16-5-6-17-12-4-3-10(13(15)18)7-11(12)14/h3-4,7,9H,5-6,8H2,1-2H3,(H2,15,18). The van der Waals surface area contributed by atoms with E-state index in [0.29, 0.717) is 24.1 Å². The van der Waals surface area contributed by atoms with E-state index in [1.807, 2.05) is 18.2 Å². The van der Waals surface area contributed by atoms with Gasteiger partial charge in [0.15, 0.2) is 0 Å². The normalized spacial score (nSPS) is 10.7. The summed E-state index contributed by atoms with van der Waals surface area (Å²) in [6, 6.07) is 5.55. The predicted molar refractivity (Wildman–Crippen MR) is 81.2 cm³/mol. The van der Waals surface area contributed by atoms with Gasteiger partial charge in [-0.3, -0.25) is 0 Å². The number of halogens is 1. The van der Waals surface area contributed by atoms with Crippen LogP contribution in [0.4, 0.5) is 0 Å². The summed E-state index contributed by atoms with van der Waals surface area (Å²) < 4.78 is 11.9. The third-order valence-electron chi connectivity index (χ3n) is 2.15. The average Bonchev–Trinajstić information content (AvgIpc) is 2.29. The van der Waals surface area contributed by atoms with Crippen molar-refractivity contribution in [1.82, 2.24) is 0 Å². The molecule has 0 bridgehead atoms. The molecule has 1 aromatic rings. The van der Waals surface area contributed by atoms with E-state index in [1.54, 1.807) is 0 Å². The summed E-state index contributed by atoms with van der Waals surface area (Å²) in [7, 11) is 0. The summed E-state index contributed by atoms with van der Waals surface area (Å²) in [6.45, 7) is 6.10. The maximum absolute atomic E-state index is 5.60. The SMILES string of the molecule is CC(C)COCCOc1ccc(C(N)=S)cc1Br. The largest absolute Gasteiger partial charge is 0.490 e. The molecule has 5 heteroatoms. The second-order valence-electron chi connectivity index (χ2n) is 4.33. The minimum Gasteiger partial charge on any atom is -0.490 e. The van der Waals surface area contributed by atoms with Crippen molar-refractivity contribution in [2.45, 2.75) is 13.8 Å². The molecule has 1 rings (SSSR count). The van der Waals surface area contributed by atoms with Crippen LogP contribution in [0.15, 0.2) is 22.7 Å². The number of rotatable bonds is 7. The molecule has 2 N–H and O–H groups in total. The Labute approximate surface area is 122 Å². The molecule has 0 aliphatic rings. The first-order valence-corrected chi connectivity index (χ1v) is 7.00. The van der Waals surface area contributed by atoms with E-state index in [2.05, 4.69) is 29.8 Å². The summed E-state index contributed by atoms with van der Waals surface area (Å²) in [5.41, 5.74) is 6.37. The molecule has 3 nitrogen and oxygen atoms in total. The van der Waals surface area contributed by atoms with Crippen molar-refractivity contribution in [1.29, 1.82) is 0 Å². The molecule has 0 atom stereocenters. The van der Waals surface area contributed by atoms with Gasteiger partial charge in [-0.25, -0.2) is 0 Å². The molecular formula is C13H18BrNO2S. The fourth-order valence-electron chi connectivity index (χ4n) is 1.30. The molecule has 1 aromatic carbocycles. The Kier molecular flexibility index (Phi) is 6.60. The zero-order valence-electron chi connectivity index (χ0n) is 10.6. The van der Waals surface area contributed by atoms with Gasteiger partial charge in [0.1, 0.15) is 17.3 Å². The molecule has 0 saturated heterocycles. The van der Waals surface area contributed by atoms with E-state index in [4.69, 9.17) is 27.4 Å². The van der Waals surface area contributed by atoms with Crippen LogP contribution in [0.3, 0.4) is 0 Å². The van der Waals surface area contributed by atoms with E-state index in [0.717, 1.165) is 22.4 Å². The zero-order chi connectivity index (χ0) is 13.5. The van der Waals surface area contributed by atoms with Crippen LogP contribution in [0, 0.1) is 5.92 Å². The minimum atomic E-state index is 0.377. The first-order chi connectivity index (χ1) is 8.50. The Morgan fingerprint density at radius 2 is 2.11 bits per heavy atom. The molecule has 0 aliphatic heterocycles. The second kappa shape index (κ2) is 7.71. The highest BCUT2D eigenvalue weighted by Crippen LogP contribution is 2.25. The van der Waals surface area contributed by atoms with E-state index in [9.17, 15) is 0 Å². The highest BCUT2D eigenvalue weighted by Gasteiger charge is 2.04. The van der Waals surface area contributed by atoms with Gasteiger partial charge in [-0.1, -0.05) is 26.1 Å². The summed E-state index contributed by atoms with van der Waals surface area (Å²) in [6.07, 6.45) is 0. The number of hydrogen-bond acceptors (Lipinski definition) is 3. The molecule has 0 radical (unpaired) electrons. The molecule has 0 fully saturated rings. The molecule has 0 aliphatic carbocycles. The van der Waals surface area contributed by atoms with Gasteiger partial charge in [-0.15, -0.1) is 0 Å². The number of ether oxygens (including phenoxy) is 2. The lowest BCUT2D eigenvalue weighted by Gasteiger charge is -2.10. The first-order valence-electron chi connectivity index (χ1n) is 5.80. The lowest BCUT2D eigenvalue weighted by atomic mass is 10.2. The molecule has 0 heterocycles. The quantitative estimate of drug-likeness (QED) is 0.615. The Balaban J connectivity index is 2.41. The van der Waals surface area contributed by atoms with Crippen molar-refractivity contribution in [3.05, 3.63) is 28.2 Å². The summed E-state index contributed by atoms with van der Waals surface area (Å²) in [4.78, 5) is 0.377. The van der Waals surface area contributed by atoms with E-state index in [-0.39, 0.29) is 0 Å². The molecule has 100 valence electrons. The molecule has 0 amide bonds. The predicted octanol–water partition coefficient (Wildman–Crippen LogP) is 3.13. The van der Waals surface area contributed by atoms with E-state index in [1.165, 1.54) is 0 Å². The van der Waals surface area contributed by atoms with Gasteiger partial charge in [-0.05, 0) is 40.0 Å². The van der Waals surface area contributed by atoms with Gasteiger partial charge in [0, 0.05) is 12.2 Å². The van der Waals surface area contributed by atoms with Gasteiger partial charge < -0.3 is 15.2 Å². The minimum absolute atomic E-state index is 0.377. The number of thiocarbonyl (C=S) groups is 1. The van der Waals surface area contributed by atoms with Crippen molar-refractivity contribution in [3.63, 3.8) is 0 Å². The topological polar surface area (TPSA) is 44.5 Å². The van der Waals surface area contributed by atoms with Crippen molar-refractivity contribution >= 4 is 33.1 Å². The first kappa shape index (κ1) is 15.4. The van der Waals surface area contributed by atoms with Crippen molar-refractivity contribution < 1.29 is 9.47 Å². The van der Waals surface area contributed by atoms with Gasteiger partial charge in [0.05, 0.1) is 11.1 Å². The molecule has 0 spiro atoms. The average molecular weight is 332 g/mol. The van der Waals surface area contributed by atoms with Crippen LogP contribution in [0.1, 0.15) is 19.4 Å². The van der Waals surface area contributed by atoms with Crippen LogP contribution in [-0.4, -0.2) is 24.8 Å². The summed E-state index contributed by atoms with van der Waals surface area (Å²) >= 11 is 8.33. The molecule has 0 aromatic heterocycles. The molecular weight excluding hydrogens is 314 g/mol. The Morgan fingerprint density at radius 1 is 1.39 bits per heavy atom. The number of hydrogen-bond donors (Lipinski definition) is 1. The van der Waals surface area contributed by atoms with Gasteiger partial charge in [0.2, 0.25) is 0 Å². The van der Waals surface area contributed by atoms with Gasteiger partial charge in [0.25, 0.3) is 0 Å². The molecule has 18 heavy (non-hydrogen) atoms. The number of benzene rings is 1. The Bertz CT molecular complexity index is 410. The highest BCUT2D eigenvalue weighted by atomic mass is 79.9. The molecule has 0 saturated carbocycles. The maximum Gasteiger partial charge on any atom is 0.133 e. The van der Waals surface area contributed by atoms with E-state index < -0.39 is 0 Å². The van der Waals surface area contributed by atoms with Crippen LogP contribution in [-0.2, 0) is 4.74 Å². The maximum atomic E-state index is 5.60. The Morgan fingerprint density at radius 3 is 2.67 bits per heavy atom. The third kappa shape index (κ3) is 5.33. The van der Waals surface area contributed by atoms with Crippen molar-refractivity contribution in [2.24, 2.45) is 11.7 Å². The number of nitrogens with two attached hydrogens (primary N) is 1. The third-order valence-corrected chi connectivity index (χ3v) is 3.01. The highest BCUT2D eigenvalue weighted by molar-refractivity contribution is 9.10. The monoisotopic (exact) mass is 331 g/mol. The van der Waals surface area contributed by atoms with Gasteiger partial charge in [-0.2, -0.15) is 0 Å². The molecule has 0 unspecified atom stereocenters. The van der Waals surface area contributed by atoms with Crippen molar-refractivity contribution in [2.75, 3.05) is 19.8 Å². The lowest BCUT2D eigenvalue weighted by molar-refractivity contribution is 0.0817. The fraction of sp³-hybridized carbons (Fsp3) is 0.462. The van der Waals surface area contributed by atoms with Gasteiger partial charge >= 0.3 is 0 Å². The zero-order valence-corrected chi connectivity index (χ0v) is 13.0. The van der Waals surface area contributed by atoms with Crippen LogP contribution < -0.4 is 10.5 Å². The summed E-state index contributed by atoms with van der Waals surface area (Å²) in [5.74, 6) is 1.31. The van der Waals surface area contributed by atoms with Crippen LogP contribution >= 0.6 is 28.1 Å². The smallest absolute Gasteiger partial charge is 0.133 e.